The fourth-order valence-corrected chi connectivity index (χ4v) is 2.71. The van der Waals surface area contributed by atoms with Crippen molar-refractivity contribution in [1.29, 1.82) is 5.26 Å². The zero-order valence-electron chi connectivity index (χ0n) is 10.5. The number of nitriles is 1. The SMILES string of the molecule is N#Cc1cccc2c1C(=O)N(C1CCC(=O)NC1=O)C2. The molecule has 2 aliphatic rings. The minimum Gasteiger partial charge on any atom is -0.322 e. The van der Waals surface area contributed by atoms with Crippen molar-refractivity contribution >= 4 is 17.7 Å². The van der Waals surface area contributed by atoms with Crippen LogP contribution in [0.3, 0.4) is 0 Å². The van der Waals surface area contributed by atoms with E-state index in [0.717, 1.165) is 5.56 Å². The summed E-state index contributed by atoms with van der Waals surface area (Å²) in [5, 5.41) is 11.3. The van der Waals surface area contributed by atoms with Crippen LogP contribution < -0.4 is 5.32 Å². The molecule has 0 saturated carbocycles. The van der Waals surface area contributed by atoms with Gasteiger partial charge in [-0.2, -0.15) is 5.26 Å². The number of hydrogen-bond donors (Lipinski definition) is 1. The Bertz CT molecular complexity index is 675. The van der Waals surface area contributed by atoms with Gasteiger partial charge in [0.05, 0.1) is 17.2 Å². The number of carbonyl (C=O) groups is 3. The number of rotatable bonds is 1. The zero-order chi connectivity index (χ0) is 14.3. The Morgan fingerprint density at radius 2 is 2.10 bits per heavy atom. The van der Waals surface area contributed by atoms with E-state index in [1.165, 1.54) is 4.90 Å². The molecule has 1 aromatic carbocycles. The number of amides is 3. The number of piperidine rings is 1. The maximum absolute atomic E-state index is 12.4. The van der Waals surface area contributed by atoms with Crippen molar-refractivity contribution in [3.63, 3.8) is 0 Å². The van der Waals surface area contributed by atoms with E-state index < -0.39 is 11.9 Å². The summed E-state index contributed by atoms with van der Waals surface area (Å²) in [4.78, 5) is 36.9. The first-order valence-corrected chi connectivity index (χ1v) is 6.28. The highest BCUT2D eigenvalue weighted by Gasteiger charge is 2.39. The Morgan fingerprint density at radius 1 is 1.30 bits per heavy atom. The van der Waals surface area contributed by atoms with Crippen LogP contribution in [0.15, 0.2) is 18.2 Å². The molecule has 1 unspecified atom stereocenters. The lowest BCUT2D eigenvalue weighted by molar-refractivity contribution is -0.136. The number of imide groups is 1. The molecule has 1 saturated heterocycles. The lowest BCUT2D eigenvalue weighted by Gasteiger charge is -2.29. The monoisotopic (exact) mass is 269 g/mol. The third-order valence-corrected chi connectivity index (χ3v) is 3.67. The first kappa shape index (κ1) is 12.4. The van der Waals surface area contributed by atoms with Crippen LogP contribution in [0.2, 0.25) is 0 Å². The van der Waals surface area contributed by atoms with Crippen molar-refractivity contribution < 1.29 is 14.4 Å². The predicted octanol–water partition coefficient (Wildman–Crippen LogP) is 0.319. The molecule has 6 heteroatoms. The summed E-state index contributed by atoms with van der Waals surface area (Å²) in [6.45, 7) is 0.302. The Kier molecular flexibility index (Phi) is 2.75. The summed E-state index contributed by atoms with van der Waals surface area (Å²) in [5.41, 5.74) is 1.45. The minimum atomic E-state index is -0.640. The molecule has 2 heterocycles. The number of nitrogens with one attached hydrogen (secondary N) is 1. The van der Waals surface area contributed by atoms with Gasteiger partial charge in [0, 0.05) is 13.0 Å². The van der Waals surface area contributed by atoms with Crippen LogP contribution in [0.5, 0.6) is 0 Å². The van der Waals surface area contributed by atoms with Gasteiger partial charge in [-0.15, -0.1) is 0 Å². The molecule has 1 atom stereocenters. The summed E-state index contributed by atoms with van der Waals surface area (Å²) in [6.07, 6.45) is 0.550. The topological polar surface area (TPSA) is 90.3 Å². The summed E-state index contributed by atoms with van der Waals surface area (Å²) in [7, 11) is 0. The summed E-state index contributed by atoms with van der Waals surface area (Å²) in [6, 6.07) is 6.44. The molecule has 20 heavy (non-hydrogen) atoms. The first-order chi connectivity index (χ1) is 9.61. The number of fused-ring (bicyclic) bond motifs is 1. The maximum Gasteiger partial charge on any atom is 0.256 e. The standard InChI is InChI=1S/C14H11N3O3/c15-6-8-2-1-3-9-7-17(14(20)12(8)9)10-4-5-11(18)16-13(10)19/h1-3,10H,4-5,7H2,(H,16,18,19). The van der Waals surface area contributed by atoms with E-state index in [0.29, 0.717) is 24.1 Å². The summed E-state index contributed by atoms with van der Waals surface area (Å²) >= 11 is 0. The minimum absolute atomic E-state index is 0.224. The number of benzene rings is 1. The molecule has 0 aromatic heterocycles. The van der Waals surface area contributed by atoms with Gasteiger partial charge < -0.3 is 4.90 Å². The van der Waals surface area contributed by atoms with Crippen LogP contribution in [-0.4, -0.2) is 28.7 Å². The molecule has 1 N–H and O–H groups in total. The summed E-state index contributed by atoms with van der Waals surface area (Å²) in [5.74, 6) is -1.07. The van der Waals surface area contributed by atoms with Crippen LogP contribution in [0.1, 0.15) is 34.3 Å². The molecule has 3 amide bonds. The lowest BCUT2D eigenvalue weighted by atomic mass is 10.0. The van der Waals surface area contributed by atoms with Crippen molar-refractivity contribution in [2.24, 2.45) is 0 Å². The molecule has 0 radical (unpaired) electrons. The van der Waals surface area contributed by atoms with Crippen LogP contribution in [-0.2, 0) is 16.1 Å². The molecular formula is C14H11N3O3. The normalized spacial score (nSPS) is 21.4. The molecule has 2 aliphatic heterocycles. The summed E-state index contributed by atoms with van der Waals surface area (Å²) < 4.78 is 0. The molecule has 1 fully saturated rings. The second kappa shape index (κ2) is 4.46. The second-order valence-electron chi connectivity index (χ2n) is 4.85. The smallest absolute Gasteiger partial charge is 0.256 e. The highest BCUT2D eigenvalue weighted by molar-refractivity contribution is 6.06. The van der Waals surface area contributed by atoms with E-state index in [-0.39, 0.29) is 18.2 Å². The largest absolute Gasteiger partial charge is 0.322 e. The van der Waals surface area contributed by atoms with Crippen LogP contribution >= 0.6 is 0 Å². The molecule has 0 bridgehead atoms. The van der Waals surface area contributed by atoms with Gasteiger partial charge in [0.2, 0.25) is 11.8 Å². The van der Waals surface area contributed by atoms with Gasteiger partial charge in [-0.05, 0) is 18.1 Å². The Morgan fingerprint density at radius 3 is 2.80 bits per heavy atom. The van der Waals surface area contributed by atoms with Crippen molar-refractivity contribution in [2.45, 2.75) is 25.4 Å². The Hall–Kier alpha value is -2.68. The Balaban J connectivity index is 1.93. The fourth-order valence-electron chi connectivity index (χ4n) is 2.71. The van der Waals surface area contributed by atoms with E-state index in [4.69, 9.17) is 5.26 Å². The molecule has 100 valence electrons. The van der Waals surface area contributed by atoms with Gasteiger partial charge in [-0.3, -0.25) is 19.7 Å². The maximum atomic E-state index is 12.4. The van der Waals surface area contributed by atoms with Crippen LogP contribution in [0.25, 0.3) is 0 Å². The van der Waals surface area contributed by atoms with E-state index in [2.05, 4.69) is 5.32 Å². The fraction of sp³-hybridized carbons (Fsp3) is 0.286. The molecule has 3 rings (SSSR count). The third kappa shape index (κ3) is 1.75. The van der Waals surface area contributed by atoms with Crippen molar-refractivity contribution in [3.05, 3.63) is 34.9 Å². The number of hydrogen-bond acceptors (Lipinski definition) is 4. The molecule has 0 aliphatic carbocycles. The van der Waals surface area contributed by atoms with Gasteiger partial charge in [0.15, 0.2) is 0 Å². The zero-order valence-corrected chi connectivity index (χ0v) is 10.5. The van der Waals surface area contributed by atoms with E-state index in [9.17, 15) is 14.4 Å². The van der Waals surface area contributed by atoms with Crippen LogP contribution in [0, 0.1) is 11.3 Å². The first-order valence-electron chi connectivity index (χ1n) is 6.28. The van der Waals surface area contributed by atoms with Gasteiger partial charge >= 0.3 is 0 Å². The number of carbonyl (C=O) groups excluding carboxylic acids is 3. The van der Waals surface area contributed by atoms with Gasteiger partial charge in [-0.1, -0.05) is 12.1 Å². The van der Waals surface area contributed by atoms with Crippen molar-refractivity contribution in [3.8, 4) is 6.07 Å². The van der Waals surface area contributed by atoms with Crippen molar-refractivity contribution in [2.75, 3.05) is 0 Å². The van der Waals surface area contributed by atoms with Gasteiger partial charge in [-0.25, -0.2) is 0 Å². The van der Waals surface area contributed by atoms with Crippen LogP contribution in [0.4, 0.5) is 0 Å². The van der Waals surface area contributed by atoms with Crippen molar-refractivity contribution in [1.82, 2.24) is 10.2 Å². The van der Waals surface area contributed by atoms with Gasteiger partial charge in [0.25, 0.3) is 5.91 Å². The lowest BCUT2D eigenvalue weighted by Crippen LogP contribution is -2.52. The highest BCUT2D eigenvalue weighted by Crippen LogP contribution is 2.29. The van der Waals surface area contributed by atoms with Gasteiger partial charge in [0.1, 0.15) is 6.04 Å². The average Bonchev–Trinajstić information content (AvgIpc) is 2.76. The molecular weight excluding hydrogens is 258 g/mol. The number of nitrogens with zero attached hydrogens (tertiary/aromatic N) is 2. The highest BCUT2D eigenvalue weighted by atomic mass is 16.2. The van der Waals surface area contributed by atoms with E-state index in [1.807, 2.05) is 6.07 Å². The molecule has 1 aromatic rings. The predicted molar refractivity (Wildman–Crippen MR) is 67.2 cm³/mol. The average molecular weight is 269 g/mol. The molecule has 6 nitrogen and oxygen atoms in total. The molecule has 0 spiro atoms. The quantitative estimate of drug-likeness (QED) is 0.743. The second-order valence-corrected chi connectivity index (χ2v) is 4.85. The van der Waals surface area contributed by atoms with E-state index in [1.54, 1.807) is 18.2 Å². The van der Waals surface area contributed by atoms with E-state index >= 15 is 0 Å². The third-order valence-electron chi connectivity index (χ3n) is 3.67. The Labute approximate surface area is 115 Å².